The van der Waals surface area contributed by atoms with Gasteiger partial charge in [0.25, 0.3) is 0 Å². The number of benzene rings is 1. The average molecular weight is 284 g/mol. The second kappa shape index (κ2) is 6.82. The highest BCUT2D eigenvalue weighted by Gasteiger charge is 2.27. The number of alkyl halides is 3. The van der Waals surface area contributed by atoms with Crippen molar-refractivity contribution in [1.29, 1.82) is 0 Å². The van der Waals surface area contributed by atoms with E-state index in [0.29, 0.717) is 10.6 Å². The summed E-state index contributed by atoms with van der Waals surface area (Å²) in [6.07, 6.45) is -4.30. The molecule has 0 aromatic heterocycles. The lowest BCUT2D eigenvalue weighted by atomic mass is 10.2. The Hall–Kier alpha value is -0.980. The summed E-state index contributed by atoms with van der Waals surface area (Å²) in [6, 6.07) is 4.72. The molecule has 1 aromatic carbocycles. The first-order chi connectivity index (χ1) is 8.40. The van der Waals surface area contributed by atoms with E-state index in [1.807, 2.05) is 0 Å². The predicted molar refractivity (Wildman–Crippen MR) is 61.7 cm³/mol. The third kappa shape index (κ3) is 5.57. The number of hydrogen-bond acceptors (Lipinski definition) is 3. The van der Waals surface area contributed by atoms with Crippen molar-refractivity contribution >= 4 is 11.6 Å². The van der Waals surface area contributed by atoms with Crippen LogP contribution in [0.25, 0.3) is 0 Å². The Balaban J connectivity index is 2.22. The molecule has 0 heterocycles. The van der Waals surface area contributed by atoms with Gasteiger partial charge in [-0.1, -0.05) is 17.7 Å². The first kappa shape index (κ1) is 15.1. The van der Waals surface area contributed by atoms with Gasteiger partial charge in [0.15, 0.2) is 0 Å². The topological polar surface area (TPSA) is 41.5 Å². The van der Waals surface area contributed by atoms with Crippen LogP contribution in [0.4, 0.5) is 13.2 Å². The molecule has 0 radical (unpaired) electrons. The average Bonchev–Trinajstić information content (AvgIpc) is 2.25. The van der Waals surface area contributed by atoms with Crippen LogP contribution in [0.1, 0.15) is 5.56 Å². The zero-order chi connectivity index (χ0) is 13.6. The van der Waals surface area contributed by atoms with E-state index >= 15 is 0 Å². The second-order valence-corrected chi connectivity index (χ2v) is 3.99. The number of ether oxygens (including phenoxy) is 1. The lowest BCUT2D eigenvalue weighted by Gasteiger charge is -2.10. The molecule has 18 heavy (non-hydrogen) atoms. The highest BCUT2D eigenvalue weighted by Crippen LogP contribution is 2.24. The Morgan fingerprint density at radius 1 is 1.33 bits per heavy atom. The predicted octanol–water partition coefficient (Wildman–Crippen LogP) is 2.71. The fraction of sp³-hybridized carbons (Fsp3) is 0.455. The van der Waals surface area contributed by atoms with E-state index in [4.69, 9.17) is 11.6 Å². The van der Waals surface area contributed by atoms with Crippen molar-refractivity contribution in [1.82, 2.24) is 5.32 Å². The number of nitrogens with one attached hydrogen (secondary N) is 1. The summed E-state index contributed by atoms with van der Waals surface area (Å²) in [6.45, 7) is -0.821. The maximum absolute atomic E-state index is 11.7. The molecule has 0 fully saturated rings. The minimum absolute atomic E-state index is 0.0474. The molecule has 0 saturated carbocycles. The summed E-state index contributed by atoms with van der Waals surface area (Å²) in [5.41, 5.74) is 0.509. The highest BCUT2D eigenvalue weighted by atomic mass is 35.5. The number of aromatic hydroxyl groups is 1. The summed E-state index contributed by atoms with van der Waals surface area (Å²) in [4.78, 5) is 0. The zero-order valence-electron chi connectivity index (χ0n) is 9.43. The van der Waals surface area contributed by atoms with E-state index in [-0.39, 0.29) is 25.4 Å². The van der Waals surface area contributed by atoms with Gasteiger partial charge in [0.2, 0.25) is 0 Å². The maximum Gasteiger partial charge on any atom is 0.411 e. The minimum Gasteiger partial charge on any atom is -0.508 e. The monoisotopic (exact) mass is 283 g/mol. The van der Waals surface area contributed by atoms with E-state index < -0.39 is 12.8 Å². The van der Waals surface area contributed by atoms with Gasteiger partial charge in [-0.3, -0.25) is 0 Å². The smallest absolute Gasteiger partial charge is 0.411 e. The molecule has 0 aliphatic heterocycles. The fourth-order valence-corrected chi connectivity index (χ4v) is 1.50. The second-order valence-electron chi connectivity index (χ2n) is 3.58. The number of hydrogen-bond donors (Lipinski definition) is 2. The lowest BCUT2D eigenvalue weighted by Crippen LogP contribution is -2.23. The minimum atomic E-state index is -4.30. The molecule has 0 unspecified atom stereocenters. The van der Waals surface area contributed by atoms with Crippen LogP contribution in [0, 0.1) is 0 Å². The Morgan fingerprint density at radius 3 is 2.67 bits per heavy atom. The molecule has 0 saturated heterocycles. The third-order valence-electron chi connectivity index (χ3n) is 2.08. The van der Waals surface area contributed by atoms with Crippen LogP contribution in [-0.2, 0) is 11.3 Å². The Kier molecular flexibility index (Phi) is 5.71. The van der Waals surface area contributed by atoms with Gasteiger partial charge < -0.3 is 15.2 Å². The van der Waals surface area contributed by atoms with Gasteiger partial charge in [0.1, 0.15) is 12.4 Å². The Morgan fingerprint density at radius 2 is 2.06 bits per heavy atom. The number of rotatable bonds is 6. The summed E-state index contributed by atoms with van der Waals surface area (Å²) in [5, 5.41) is 12.7. The molecule has 0 atom stereocenters. The van der Waals surface area contributed by atoms with Crippen LogP contribution < -0.4 is 5.32 Å². The largest absolute Gasteiger partial charge is 0.508 e. The molecule has 0 aliphatic rings. The van der Waals surface area contributed by atoms with Crippen LogP contribution in [0.15, 0.2) is 18.2 Å². The Labute approximate surface area is 108 Å². The molecule has 0 bridgehead atoms. The number of phenols is 1. The molecule has 0 amide bonds. The molecule has 0 aliphatic carbocycles. The molecule has 1 aromatic rings. The summed E-state index contributed by atoms with van der Waals surface area (Å²) in [7, 11) is 0. The van der Waals surface area contributed by atoms with Crippen molar-refractivity contribution in [2.45, 2.75) is 12.7 Å². The lowest BCUT2D eigenvalue weighted by molar-refractivity contribution is -0.173. The molecule has 3 nitrogen and oxygen atoms in total. The SMILES string of the molecule is Oc1cccc(Cl)c1CNCCOCC(F)(F)F. The van der Waals surface area contributed by atoms with Crippen LogP contribution in [-0.4, -0.2) is 31.0 Å². The van der Waals surface area contributed by atoms with E-state index in [2.05, 4.69) is 10.1 Å². The zero-order valence-corrected chi connectivity index (χ0v) is 10.2. The normalized spacial score (nSPS) is 11.8. The van der Waals surface area contributed by atoms with E-state index in [1.54, 1.807) is 12.1 Å². The fourth-order valence-electron chi connectivity index (χ4n) is 1.27. The van der Waals surface area contributed by atoms with Crippen LogP contribution in [0.5, 0.6) is 5.75 Å². The van der Waals surface area contributed by atoms with Crippen molar-refractivity contribution in [2.75, 3.05) is 19.8 Å². The summed E-state index contributed by atoms with van der Waals surface area (Å²) < 4.78 is 39.6. The van der Waals surface area contributed by atoms with Gasteiger partial charge >= 0.3 is 6.18 Å². The van der Waals surface area contributed by atoms with E-state index in [9.17, 15) is 18.3 Å². The van der Waals surface area contributed by atoms with Crippen molar-refractivity contribution in [3.63, 3.8) is 0 Å². The highest BCUT2D eigenvalue weighted by molar-refractivity contribution is 6.31. The summed E-state index contributed by atoms with van der Waals surface area (Å²) >= 11 is 5.85. The van der Waals surface area contributed by atoms with Crippen LogP contribution >= 0.6 is 11.6 Å². The van der Waals surface area contributed by atoms with Gasteiger partial charge in [-0.15, -0.1) is 0 Å². The number of phenolic OH excluding ortho intramolecular Hbond substituents is 1. The first-order valence-electron chi connectivity index (χ1n) is 5.22. The third-order valence-corrected chi connectivity index (χ3v) is 2.44. The van der Waals surface area contributed by atoms with Gasteiger partial charge in [0.05, 0.1) is 6.61 Å². The molecule has 1 rings (SSSR count). The Bertz CT molecular complexity index is 365. The van der Waals surface area contributed by atoms with Crippen LogP contribution in [0.3, 0.4) is 0 Å². The van der Waals surface area contributed by atoms with Crippen LogP contribution in [0.2, 0.25) is 5.02 Å². The quantitative estimate of drug-likeness (QED) is 0.789. The van der Waals surface area contributed by atoms with E-state index in [0.717, 1.165) is 0 Å². The van der Waals surface area contributed by atoms with Gasteiger partial charge in [-0.25, -0.2) is 0 Å². The van der Waals surface area contributed by atoms with Gasteiger partial charge in [-0.05, 0) is 12.1 Å². The molecule has 102 valence electrons. The molecule has 7 heteroatoms. The maximum atomic E-state index is 11.7. The van der Waals surface area contributed by atoms with Crippen molar-refractivity contribution in [3.05, 3.63) is 28.8 Å². The standard InChI is InChI=1S/C11H13ClF3NO2/c12-9-2-1-3-10(17)8(9)6-16-4-5-18-7-11(13,14)15/h1-3,16-17H,4-7H2. The molecule has 0 spiro atoms. The molecule has 2 N–H and O–H groups in total. The van der Waals surface area contributed by atoms with Gasteiger partial charge in [0, 0.05) is 23.7 Å². The molecular weight excluding hydrogens is 271 g/mol. The van der Waals surface area contributed by atoms with Crippen molar-refractivity contribution in [2.24, 2.45) is 0 Å². The first-order valence-corrected chi connectivity index (χ1v) is 5.59. The number of halogens is 4. The van der Waals surface area contributed by atoms with Gasteiger partial charge in [-0.2, -0.15) is 13.2 Å². The molecular formula is C11H13ClF3NO2. The van der Waals surface area contributed by atoms with Crippen molar-refractivity contribution < 1.29 is 23.0 Å². The summed E-state index contributed by atoms with van der Waals surface area (Å²) in [5.74, 6) is 0.0474. The van der Waals surface area contributed by atoms with E-state index in [1.165, 1.54) is 6.07 Å². The van der Waals surface area contributed by atoms with Crippen molar-refractivity contribution in [3.8, 4) is 5.75 Å².